The van der Waals surface area contributed by atoms with E-state index in [0.717, 1.165) is 6.42 Å². The van der Waals surface area contributed by atoms with Gasteiger partial charge in [-0.1, -0.05) is 0 Å². The Labute approximate surface area is 169 Å². The smallest absolute Gasteiger partial charge is 0.410 e. The molecule has 2 aliphatic heterocycles. The fourth-order valence-corrected chi connectivity index (χ4v) is 3.03. The highest BCUT2D eigenvalue weighted by Gasteiger charge is 2.30. The molecule has 0 spiro atoms. The molecule has 0 radical (unpaired) electrons. The molecular formula is C19H26N6O4. The molecule has 0 unspecified atom stereocenters. The Morgan fingerprint density at radius 1 is 1.21 bits per heavy atom. The van der Waals surface area contributed by atoms with Crippen LogP contribution in [0.25, 0.3) is 6.08 Å². The van der Waals surface area contributed by atoms with E-state index in [-0.39, 0.29) is 11.8 Å². The number of carbonyl (C=O) groups is 3. The van der Waals surface area contributed by atoms with Crippen LogP contribution in [0, 0.1) is 0 Å². The molecule has 4 amide bonds. The number of carbonyl (C=O) groups excluding carboxylic acids is 3. The molecule has 0 aliphatic carbocycles. The lowest BCUT2D eigenvalue weighted by Gasteiger charge is -2.26. The monoisotopic (exact) mass is 402 g/mol. The van der Waals surface area contributed by atoms with E-state index >= 15 is 0 Å². The van der Waals surface area contributed by atoms with Crippen molar-refractivity contribution < 1.29 is 19.1 Å². The van der Waals surface area contributed by atoms with Crippen LogP contribution in [-0.2, 0) is 9.53 Å². The van der Waals surface area contributed by atoms with Crippen LogP contribution in [0.4, 0.5) is 15.5 Å². The maximum absolute atomic E-state index is 12.3. The lowest BCUT2D eigenvalue weighted by Crippen LogP contribution is -2.39. The van der Waals surface area contributed by atoms with E-state index < -0.39 is 17.5 Å². The number of hydrogen-bond donors (Lipinski definition) is 1. The van der Waals surface area contributed by atoms with Crippen molar-refractivity contribution in [3.05, 3.63) is 23.7 Å². The Morgan fingerprint density at radius 2 is 1.97 bits per heavy atom. The first-order valence-electron chi connectivity index (χ1n) is 9.51. The minimum Gasteiger partial charge on any atom is -0.444 e. The summed E-state index contributed by atoms with van der Waals surface area (Å²) >= 11 is 0. The number of urea groups is 1. The summed E-state index contributed by atoms with van der Waals surface area (Å²) in [5.41, 5.74) is 0.219. The van der Waals surface area contributed by atoms with Crippen molar-refractivity contribution in [3.8, 4) is 0 Å². The summed E-state index contributed by atoms with van der Waals surface area (Å²) in [7, 11) is 1.52. The van der Waals surface area contributed by atoms with Crippen LogP contribution in [0.3, 0.4) is 0 Å². The zero-order chi connectivity index (χ0) is 21.2. The third-order valence-corrected chi connectivity index (χ3v) is 4.50. The Kier molecular flexibility index (Phi) is 5.71. The topological polar surface area (TPSA) is 108 Å². The van der Waals surface area contributed by atoms with E-state index in [9.17, 15) is 14.4 Å². The molecule has 29 heavy (non-hydrogen) atoms. The summed E-state index contributed by atoms with van der Waals surface area (Å²) in [6.07, 6.45) is 3.60. The summed E-state index contributed by atoms with van der Waals surface area (Å²) in [5.74, 6) is 0.0539. The first-order chi connectivity index (χ1) is 13.6. The van der Waals surface area contributed by atoms with Gasteiger partial charge in [0, 0.05) is 39.4 Å². The number of likely N-dealkylation sites (N-methyl/N-ethyl adjacent to an activating group) is 1. The van der Waals surface area contributed by atoms with Crippen LogP contribution in [0.5, 0.6) is 0 Å². The number of amides is 4. The second kappa shape index (κ2) is 8.06. The van der Waals surface area contributed by atoms with Gasteiger partial charge in [0.15, 0.2) is 0 Å². The Bertz CT molecular complexity index is 847. The molecule has 0 saturated carbocycles. The van der Waals surface area contributed by atoms with E-state index in [1.54, 1.807) is 23.2 Å². The number of hydrogen-bond acceptors (Lipinski definition) is 7. The van der Waals surface area contributed by atoms with Gasteiger partial charge in [-0.3, -0.25) is 15.0 Å². The van der Waals surface area contributed by atoms with Gasteiger partial charge >= 0.3 is 12.1 Å². The number of nitrogens with zero attached hydrogens (tertiary/aromatic N) is 5. The molecule has 0 atom stereocenters. The van der Waals surface area contributed by atoms with Crippen LogP contribution in [0.2, 0.25) is 0 Å². The molecule has 3 heterocycles. The first-order valence-corrected chi connectivity index (χ1v) is 9.51. The van der Waals surface area contributed by atoms with Gasteiger partial charge in [0.05, 0.1) is 5.69 Å². The van der Waals surface area contributed by atoms with Crippen LogP contribution in [0.1, 0.15) is 32.9 Å². The lowest BCUT2D eigenvalue weighted by atomic mass is 10.2. The quantitative estimate of drug-likeness (QED) is 0.589. The SMILES string of the molecule is CN1C(=O)NC(=O)/C1=C\c1ccnc(N2CCCN(C(=O)OC(C)(C)C)CC2)n1. The van der Waals surface area contributed by atoms with E-state index in [4.69, 9.17) is 4.74 Å². The zero-order valence-corrected chi connectivity index (χ0v) is 17.1. The van der Waals surface area contributed by atoms with Crippen molar-refractivity contribution in [2.45, 2.75) is 32.8 Å². The van der Waals surface area contributed by atoms with Gasteiger partial charge in [0.1, 0.15) is 11.3 Å². The van der Waals surface area contributed by atoms with Crippen LogP contribution < -0.4 is 10.2 Å². The molecule has 2 aliphatic rings. The molecule has 3 rings (SSSR count). The molecule has 1 aromatic rings. The number of imide groups is 1. The van der Waals surface area contributed by atoms with Crippen molar-refractivity contribution in [2.24, 2.45) is 0 Å². The summed E-state index contributed by atoms with van der Waals surface area (Å²) < 4.78 is 5.46. The summed E-state index contributed by atoms with van der Waals surface area (Å²) in [6, 6.07) is 1.20. The lowest BCUT2D eigenvalue weighted by molar-refractivity contribution is -0.115. The highest BCUT2D eigenvalue weighted by molar-refractivity contribution is 6.13. The minimum atomic E-state index is -0.533. The Hall–Kier alpha value is -3.17. The minimum absolute atomic E-state index is 0.228. The average molecular weight is 402 g/mol. The van der Waals surface area contributed by atoms with Crippen molar-refractivity contribution in [3.63, 3.8) is 0 Å². The highest BCUT2D eigenvalue weighted by atomic mass is 16.6. The highest BCUT2D eigenvalue weighted by Crippen LogP contribution is 2.17. The maximum Gasteiger partial charge on any atom is 0.410 e. The van der Waals surface area contributed by atoms with Crippen LogP contribution in [0.15, 0.2) is 18.0 Å². The number of ether oxygens (including phenoxy) is 1. The van der Waals surface area contributed by atoms with E-state index in [1.165, 1.54) is 11.9 Å². The predicted molar refractivity (Wildman–Crippen MR) is 106 cm³/mol. The van der Waals surface area contributed by atoms with Gasteiger partial charge in [-0.25, -0.2) is 19.6 Å². The van der Waals surface area contributed by atoms with Gasteiger partial charge in [0.25, 0.3) is 5.91 Å². The molecule has 2 saturated heterocycles. The first kappa shape index (κ1) is 20.6. The molecule has 156 valence electrons. The molecular weight excluding hydrogens is 376 g/mol. The number of rotatable bonds is 2. The van der Waals surface area contributed by atoms with Gasteiger partial charge in [-0.2, -0.15) is 0 Å². The molecule has 1 N–H and O–H groups in total. The van der Waals surface area contributed by atoms with E-state index in [0.29, 0.717) is 37.8 Å². The standard InChI is InChI=1S/C19H26N6O4/c1-19(2,3)29-18(28)25-9-5-8-24(10-11-25)16-20-7-6-13(21-16)12-14-15(26)22-17(27)23(14)4/h6-7,12H,5,8-11H2,1-4H3,(H,22,26,27)/b14-12+. The second-order valence-electron chi connectivity index (χ2n) is 7.94. The predicted octanol–water partition coefficient (Wildman–Crippen LogP) is 1.45. The summed E-state index contributed by atoms with van der Waals surface area (Å²) in [4.78, 5) is 49.6. The van der Waals surface area contributed by atoms with Crippen molar-refractivity contribution in [1.82, 2.24) is 25.1 Å². The van der Waals surface area contributed by atoms with Gasteiger partial charge in [-0.15, -0.1) is 0 Å². The van der Waals surface area contributed by atoms with Gasteiger partial charge in [-0.05, 0) is 39.3 Å². The third kappa shape index (κ3) is 5.01. The summed E-state index contributed by atoms with van der Waals surface area (Å²) in [6.45, 7) is 7.90. The molecule has 0 aromatic carbocycles. The van der Waals surface area contributed by atoms with Crippen LogP contribution in [-0.4, -0.2) is 76.6 Å². The van der Waals surface area contributed by atoms with Crippen molar-refractivity contribution in [2.75, 3.05) is 38.1 Å². The molecule has 2 fully saturated rings. The average Bonchev–Trinajstić information content (AvgIpc) is 2.84. The fourth-order valence-electron chi connectivity index (χ4n) is 3.03. The van der Waals surface area contributed by atoms with Crippen molar-refractivity contribution >= 4 is 30.1 Å². The zero-order valence-electron chi connectivity index (χ0n) is 17.1. The third-order valence-electron chi connectivity index (χ3n) is 4.50. The maximum atomic E-state index is 12.3. The van der Waals surface area contributed by atoms with Crippen LogP contribution >= 0.6 is 0 Å². The fraction of sp³-hybridized carbons (Fsp3) is 0.526. The molecule has 10 heteroatoms. The molecule has 0 bridgehead atoms. The second-order valence-corrected chi connectivity index (χ2v) is 7.94. The Morgan fingerprint density at radius 3 is 2.62 bits per heavy atom. The normalized spacial score (nSPS) is 19.4. The van der Waals surface area contributed by atoms with Gasteiger partial charge < -0.3 is 14.5 Å². The van der Waals surface area contributed by atoms with E-state index in [2.05, 4.69) is 15.3 Å². The largest absolute Gasteiger partial charge is 0.444 e. The number of nitrogens with one attached hydrogen (secondary N) is 1. The van der Waals surface area contributed by atoms with Gasteiger partial charge in [0.2, 0.25) is 5.95 Å². The summed E-state index contributed by atoms with van der Waals surface area (Å²) in [5, 5.41) is 2.23. The number of aromatic nitrogens is 2. The molecule has 1 aromatic heterocycles. The molecule has 10 nitrogen and oxygen atoms in total. The van der Waals surface area contributed by atoms with Crippen molar-refractivity contribution in [1.29, 1.82) is 0 Å². The Balaban J connectivity index is 1.70. The number of anilines is 1. The van der Waals surface area contributed by atoms with E-state index in [1.807, 2.05) is 25.7 Å².